The van der Waals surface area contributed by atoms with E-state index >= 15 is 0 Å². The van der Waals surface area contributed by atoms with Crippen molar-refractivity contribution < 1.29 is 4.39 Å². The molecular weight excluding hydrogens is 245 g/mol. The summed E-state index contributed by atoms with van der Waals surface area (Å²) in [5.41, 5.74) is 0.685. The molecule has 0 unspecified atom stereocenters. The minimum atomic E-state index is -0.304. The number of anilines is 3. The highest BCUT2D eigenvalue weighted by Crippen LogP contribution is 2.23. The highest BCUT2D eigenvalue weighted by Gasteiger charge is 2.07. The van der Waals surface area contributed by atoms with Gasteiger partial charge >= 0.3 is 0 Å². The van der Waals surface area contributed by atoms with Crippen LogP contribution in [0, 0.1) is 17.1 Å². The molecule has 1 N–H and O–H groups in total. The number of nitrogens with one attached hydrogen (secondary N) is 1. The first-order valence-corrected chi connectivity index (χ1v) is 5.63. The monoisotopic (exact) mass is 257 g/mol. The first-order valence-electron chi connectivity index (χ1n) is 5.63. The summed E-state index contributed by atoms with van der Waals surface area (Å²) >= 11 is 0. The van der Waals surface area contributed by atoms with Crippen LogP contribution in [-0.4, -0.2) is 23.6 Å². The minimum absolute atomic E-state index is 0.167. The predicted octanol–water partition coefficient (Wildman–Crippen LogP) is 2.32. The molecule has 0 atom stereocenters. The molecule has 2 aromatic rings. The quantitative estimate of drug-likeness (QED) is 0.851. The number of rotatable bonds is 4. The Labute approximate surface area is 110 Å². The Hall–Kier alpha value is -2.68. The Morgan fingerprint density at radius 3 is 2.95 bits per heavy atom. The average molecular weight is 257 g/mol. The van der Waals surface area contributed by atoms with Gasteiger partial charge in [0.25, 0.3) is 0 Å². The van der Waals surface area contributed by atoms with Crippen molar-refractivity contribution in [1.29, 1.82) is 5.26 Å². The second-order valence-electron chi connectivity index (χ2n) is 3.81. The van der Waals surface area contributed by atoms with Crippen LogP contribution in [0.25, 0.3) is 0 Å². The molecule has 2 rings (SSSR count). The largest absolute Gasteiger partial charge is 0.357 e. The summed E-state index contributed by atoms with van der Waals surface area (Å²) in [5, 5.41) is 11.3. The Bertz CT molecular complexity index is 608. The van der Waals surface area contributed by atoms with Crippen LogP contribution in [0.2, 0.25) is 0 Å². The van der Waals surface area contributed by atoms with Crippen LogP contribution >= 0.6 is 0 Å². The van der Waals surface area contributed by atoms with Crippen molar-refractivity contribution in [3.63, 3.8) is 0 Å². The minimum Gasteiger partial charge on any atom is -0.357 e. The lowest BCUT2D eigenvalue weighted by molar-refractivity contribution is 0.628. The molecule has 0 fully saturated rings. The highest BCUT2D eigenvalue weighted by molar-refractivity contribution is 5.61. The number of halogens is 1. The van der Waals surface area contributed by atoms with Gasteiger partial charge in [-0.3, -0.25) is 0 Å². The van der Waals surface area contributed by atoms with E-state index in [0.29, 0.717) is 17.3 Å². The van der Waals surface area contributed by atoms with Gasteiger partial charge in [0.15, 0.2) is 0 Å². The third kappa shape index (κ3) is 3.16. The lowest BCUT2D eigenvalue weighted by Crippen LogP contribution is -2.12. The van der Waals surface area contributed by atoms with Crippen LogP contribution in [0.5, 0.6) is 0 Å². The van der Waals surface area contributed by atoms with Gasteiger partial charge in [-0.25, -0.2) is 14.4 Å². The van der Waals surface area contributed by atoms with Crippen molar-refractivity contribution in [3.8, 4) is 6.07 Å². The van der Waals surface area contributed by atoms with Crippen LogP contribution in [0.3, 0.4) is 0 Å². The summed E-state index contributed by atoms with van der Waals surface area (Å²) in [6.07, 6.45) is 1.39. The maximum absolute atomic E-state index is 13.2. The molecule has 0 aliphatic carbocycles. The van der Waals surface area contributed by atoms with Gasteiger partial charge in [0, 0.05) is 18.8 Å². The molecule has 1 aromatic heterocycles. The van der Waals surface area contributed by atoms with E-state index in [9.17, 15) is 4.39 Å². The van der Waals surface area contributed by atoms with Crippen molar-refractivity contribution >= 4 is 17.3 Å². The van der Waals surface area contributed by atoms with Crippen molar-refractivity contribution in [2.45, 2.75) is 0 Å². The average Bonchev–Trinajstić information content (AvgIpc) is 2.44. The maximum atomic E-state index is 13.2. The van der Waals surface area contributed by atoms with E-state index in [0.717, 1.165) is 0 Å². The summed E-state index contributed by atoms with van der Waals surface area (Å²) in [7, 11) is 1.78. The summed E-state index contributed by atoms with van der Waals surface area (Å²) in [4.78, 5) is 9.86. The third-order valence-corrected chi connectivity index (χ3v) is 2.54. The molecule has 0 bridgehead atoms. The predicted molar refractivity (Wildman–Crippen MR) is 70.6 cm³/mol. The first kappa shape index (κ1) is 12.8. The third-order valence-electron chi connectivity index (χ3n) is 2.54. The van der Waals surface area contributed by atoms with E-state index in [1.807, 2.05) is 6.07 Å². The molecule has 1 heterocycles. The number of hydrogen-bond donors (Lipinski definition) is 1. The van der Waals surface area contributed by atoms with Gasteiger partial charge in [-0.05, 0) is 18.2 Å². The molecule has 0 saturated heterocycles. The summed E-state index contributed by atoms with van der Waals surface area (Å²) in [5.74, 6) is 0.858. The molecule has 0 radical (unpaired) electrons. The fourth-order valence-electron chi connectivity index (χ4n) is 1.57. The van der Waals surface area contributed by atoms with E-state index in [-0.39, 0.29) is 12.4 Å². The smallest absolute Gasteiger partial charge is 0.138 e. The van der Waals surface area contributed by atoms with Crippen LogP contribution < -0.4 is 10.2 Å². The molecule has 6 heteroatoms. The summed E-state index contributed by atoms with van der Waals surface area (Å²) in [6, 6.07) is 9.89. The van der Waals surface area contributed by atoms with Gasteiger partial charge in [-0.15, -0.1) is 0 Å². The zero-order chi connectivity index (χ0) is 13.7. The number of nitriles is 1. The van der Waals surface area contributed by atoms with Crippen LogP contribution in [0.4, 0.5) is 21.7 Å². The number of hydrogen-bond acceptors (Lipinski definition) is 5. The Kier molecular flexibility index (Phi) is 3.88. The molecule has 0 saturated carbocycles. The Morgan fingerprint density at radius 2 is 2.21 bits per heavy atom. The van der Waals surface area contributed by atoms with Gasteiger partial charge in [0.1, 0.15) is 30.3 Å². The van der Waals surface area contributed by atoms with E-state index in [2.05, 4.69) is 15.3 Å². The normalized spacial score (nSPS) is 9.74. The molecule has 1 aromatic carbocycles. The van der Waals surface area contributed by atoms with Gasteiger partial charge in [-0.1, -0.05) is 6.07 Å². The molecule has 0 aliphatic rings. The second-order valence-corrected chi connectivity index (χ2v) is 3.81. The molecule has 96 valence electrons. The Balaban J connectivity index is 2.24. The first-order chi connectivity index (χ1) is 9.20. The van der Waals surface area contributed by atoms with Crippen LogP contribution in [0.1, 0.15) is 0 Å². The topological polar surface area (TPSA) is 64.8 Å². The molecular formula is C13H12FN5. The molecule has 19 heavy (non-hydrogen) atoms. The molecule has 0 aliphatic heterocycles. The van der Waals surface area contributed by atoms with E-state index in [1.165, 1.54) is 18.5 Å². The Morgan fingerprint density at radius 1 is 1.37 bits per heavy atom. The molecule has 0 amide bonds. The SMILES string of the molecule is CN(c1cccc(F)c1)c1cc(NCC#N)ncn1. The zero-order valence-electron chi connectivity index (χ0n) is 10.3. The standard InChI is InChI=1S/C13H12FN5/c1-19(11-4-2-3-10(14)7-11)13-8-12(16-6-5-15)17-9-18-13/h2-4,7-9H,6H2,1H3,(H,16,17,18). The van der Waals surface area contributed by atoms with Gasteiger partial charge in [0.2, 0.25) is 0 Å². The highest BCUT2D eigenvalue weighted by atomic mass is 19.1. The van der Waals surface area contributed by atoms with Gasteiger partial charge in [-0.2, -0.15) is 5.26 Å². The number of aromatic nitrogens is 2. The second kappa shape index (κ2) is 5.78. The van der Waals surface area contributed by atoms with Crippen molar-refractivity contribution in [1.82, 2.24) is 9.97 Å². The van der Waals surface area contributed by atoms with Gasteiger partial charge < -0.3 is 10.2 Å². The van der Waals surface area contributed by atoms with Gasteiger partial charge in [0.05, 0.1) is 6.07 Å². The summed E-state index contributed by atoms with van der Waals surface area (Å²) in [6.45, 7) is 0.167. The number of nitrogens with zero attached hydrogens (tertiary/aromatic N) is 4. The molecule has 0 spiro atoms. The van der Waals surface area contributed by atoms with Crippen molar-refractivity contribution in [2.24, 2.45) is 0 Å². The van der Waals surface area contributed by atoms with Crippen LogP contribution in [0.15, 0.2) is 36.7 Å². The van der Waals surface area contributed by atoms with E-state index < -0.39 is 0 Å². The van der Waals surface area contributed by atoms with Crippen molar-refractivity contribution in [3.05, 3.63) is 42.5 Å². The number of benzene rings is 1. The fraction of sp³-hybridized carbons (Fsp3) is 0.154. The lowest BCUT2D eigenvalue weighted by Gasteiger charge is -2.18. The summed E-state index contributed by atoms with van der Waals surface area (Å²) < 4.78 is 13.2. The van der Waals surface area contributed by atoms with Crippen molar-refractivity contribution in [2.75, 3.05) is 23.8 Å². The molecule has 5 nitrogen and oxygen atoms in total. The fourth-order valence-corrected chi connectivity index (χ4v) is 1.57. The maximum Gasteiger partial charge on any atom is 0.138 e. The van der Waals surface area contributed by atoms with E-state index in [1.54, 1.807) is 30.1 Å². The van der Waals surface area contributed by atoms with Crippen LogP contribution in [-0.2, 0) is 0 Å². The zero-order valence-corrected chi connectivity index (χ0v) is 10.3. The lowest BCUT2D eigenvalue weighted by atomic mass is 10.3. The van der Waals surface area contributed by atoms with E-state index in [4.69, 9.17) is 5.26 Å².